The second kappa shape index (κ2) is 6.17. The lowest BCUT2D eigenvalue weighted by Crippen LogP contribution is -2.23. The first-order valence-electron chi connectivity index (χ1n) is 4.87. The van der Waals surface area contributed by atoms with Gasteiger partial charge in [0.15, 0.2) is 17.5 Å². The highest BCUT2D eigenvalue weighted by Crippen LogP contribution is 2.34. The molecule has 0 amide bonds. The number of fused-ring (bicyclic) bond motifs is 1. The molecule has 1 aliphatic rings. The monoisotopic (exact) mass is 259 g/mol. The van der Waals surface area contributed by atoms with Gasteiger partial charge in [-0.3, -0.25) is 4.99 Å². The van der Waals surface area contributed by atoms with Crippen molar-refractivity contribution in [1.82, 2.24) is 0 Å². The quantitative estimate of drug-likeness (QED) is 0.545. The number of rotatable bonds is 3. The Bertz CT molecular complexity index is 412. The first-order chi connectivity index (χ1) is 7.79. The van der Waals surface area contributed by atoms with Crippen LogP contribution in [-0.2, 0) is 0 Å². The normalized spacial score (nSPS) is 13.1. The van der Waals surface area contributed by atoms with Crippen LogP contribution in [0.15, 0.2) is 23.2 Å². The predicted molar refractivity (Wildman–Crippen MR) is 67.0 cm³/mol. The molecule has 0 radical (unpaired) electrons. The zero-order valence-electron chi connectivity index (χ0n) is 9.05. The molecule has 0 saturated carbocycles. The van der Waals surface area contributed by atoms with Gasteiger partial charge in [0, 0.05) is 11.8 Å². The highest BCUT2D eigenvalue weighted by molar-refractivity contribution is 5.92. The van der Waals surface area contributed by atoms with E-state index in [4.69, 9.17) is 20.3 Å². The highest BCUT2D eigenvalue weighted by Gasteiger charge is 2.13. The fraction of sp³-hybridized carbons (Fsp3) is 0.300. The highest BCUT2D eigenvalue weighted by atomic mass is 35.5. The van der Waals surface area contributed by atoms with Crippen molar-refractivity contribution >= 4 is 24.1 Å². The van der Waals surface area contributed by atoms with Crippen LogP contribution in [0.25, 0.3) is 0 Å². The van der Waals surface area contributed by atoms with Crippen LogP contribution >= 0.6 is 12.4 Å². The minimum Gasteiger partial charge on any atom is -0.454 e. The molecule has 1 aliphatic heterocycles. The van der Waals surface area contributed by atoms with Crippen LogP contribution in [0.4, 0.5) is 5.69 Å². The summed E-state index contributed by atoms with van der Waals surface area (Å²) in [7, 11) is 0. The molecule has 4 N–H and O–H groups in total. The zero-order chi connectivity index (χ0) is 11.4. The predicted octanol–water partition coefficient (Wildman–Crippen LogP) is 0.556. The number of hydrogen-bond acceptors (Lipinski definition) is 4. The molecule has 17 heavy (non-hydrogen) atoms. The Morgan fingerprint density at radius 3 is 2.94 bits per heavy atom. The number of aliphatic imine (C=N–C) groups is 1. The molecule has 0 unspecified atom stereocenters. The number of halogens is 1. The van der Waals surface area contributed by atoms with Gasteiger partial charge in [0.25, 0.3) is 0 Å². The molecule has 0 aliphatic carbocycles. The Balaban J connectivity index is 0.00000144. The van der Waals surface area contributed by atoms with Crippen molar-refractivity contribution in [2.75, 3.05) is 25.3 Å². The van der Waals surface area contributed by atoms with Crippen molar-refractivity contribution in [2.24, 2.45) is 10.7 Å². The lowest BCUT2D eigenvalue weighted by molar-refractivity contribution is 0.174. The summed E-state index contributed by atoms with van der Waals surface area (Å²) < 4.78 is 10.4. The second-order valence-electron chi connectivity index (χ2n) is 3.18. The van der Waals surface area contributed by atoms with Crippen LogP contribution in [0, 0.1) is 0 Å². The number of nitrogens with zero attached hydrogens (tertiary/aromatic N) is 1. The van der Waals surface area contributed by atoms with Crippen molar-refractivity contribution < 1.29 is 14.6 Å². The molecular formula is C10H14ClN3O3. The van der Waals surface area contributed by atoms with Gasteiger partial charge in [-0.15, -0.1) is 12.4 Å². The molecule has 0 aromatic heterocycles. The number of nitrogens with one attached hydrogen (secondary N) is 1. The van der Waals surface area contributed by atoms with Crippen molar-refractivity contribution in [1.29, 1.82) is 0 Å². The molecule has 0 spiro atoms. The first-order valence-corrected chi connectivity index (χ1v) is 4.87. The summed E-state index contributed by atoms with van der Waals surface area (Å²) in [5, 5.41) is 11.5. The summed E-state index contributed by atoms with van der Waals surface area (Å²) in [6, 6.07) is 5.39. The third kappa shape index (κ3) is 3.40. The van der Waals surface area contributed by atoms with Crippen LogP contribution < -0.4 is 20.5 Å². The van der Waals surface area contributed by atoms with Gasteiger partial charge in [0.05, 0.1) is 13.2 Å². The van der Waals surface area contributed by atoms with Gasteiger partial charge in [0.2, 0.25) is 6.79 Å². The van der Waals surface area contributed by atoms with Gasteiger partial charge in [-0.1, -0.05) is 0 Å². The minimum absolute atomic E-state index is 0. The summed E-state index contributed by atoms with van der Waals surface area (Å²) in [5.41, 5.74) is 6.36. The van der Waals surface area contributed by atoms with E-state index in [-0.39, 0.29) is 38.3 Å². The molecule has 7 heteroatoms. The summed E-state index contributed by atoms with van der Waals surface area (Å²) in [6.45, 7) is 0.500. The molecule has 0 bridgehead atoms. The lowest BCUT2D eigenvalue weighted by atomic mass is 10.3. The smallest absolute Gasteiger partial charge is 0.231 e. The maximum atomic E-state index is 8.58. The van der Waals surface area contributed by atoms with E-state index in [0.717, 1.165) is 11.4 Å². The topological polar surface area (TPSA) is 89.1 Å². The maximum Gasteiger partial charge on any atom is 0.231 e. The zero-order valence-corrected chi connectivity index (χ0v) is 9.87. The Morgan fingerprint density at radius 2 is 2.18 bits per heavy atom. The SMILES string of the molecule is Cl.NC(=NCCO)Nc1ccc2c(c1)OCO2. The maximum absolute atomic E-state index is 8.58. The van der Waals surface area contributed by atoms with Gasteiger partial charge in [0.1, 0.15) is 0 Å². The molecule has 1 aromatic carbocycles. The van der Waals surface area contributed by atoms with E-state index in [9.17, 15) is 0 Å². The average molecular weight is 260 g/mol. The largest absolute Gasteiger partial charge is 0.454 e. The van der Waals surface area contributed by atoms with E-state index in [0.29, 0.717) is 5.75 Å². The summed E-state index contributed by atoms with van der Waals surface area (Å²) in [6.07, 6.45) is 0. The Morgan fingerprint density at radius 1 is 1.41 bits per heavy atom. The summed E-state index contributed by atoms with van der Waals surface area (Å²) in [4.78, 5) is 3.89. The van der Waals surface area contributed by atoms with E-state index >= 15 is 0 Å². The molecule has 94 valence electrons. The van der Waals surface area contributed by atoms with Crippen molar-refractivity contribution in [3.05, 3.63) is 18.2 Å². The summed E-state index contributed by atoms with van der Waals surface area (Å²) in [5.74, 6) is 1.66. The van der Waals surface area contributed by atoms with Crippen molar-refractivity contribution in [3.8, 4) is 11.5 Å². The molecule has 0 saturated heterocycles. The molecule has 1 heterocycles. The second-order valence-corrected chi connectivity index (χ2v) is 3.18. The van der Waals surface area contributed by atoms with Crippen LogP contribution in [0.3, 0.4) is 0 Å². The Labute approximate surface area is 105 Å². The van der Waals surface area contributed by atoms with Crippen LogP contribution in [0.2, 0.25) is 0 Å². The number of guanidine groups is 1. The molecule has 0 fully saturated rings. The number of hydrogen-bond donors (Lipinski definition) is 3. The number of nitrogens with two attached hydrogens (primary N) is 1. The summed E-state index contributed by atoms with van der Waals surface area (Å²) >= 11 is 0. The molecule has 0 atom stereocenters. The van der Waals surface area contributed by atoms with Crippen molar-refractivity contribution in [3.63, 3.8) is 0 Å². The minimum atomic E-state index is -0.0243. The van der Waals surface area contributed by atoms with E-state index in [1.165, 1.54) is 0 Å². The third-order valence-electron chi connectivity index (χ3n) is 2.03. The number of anilines is 1. The lowest BCUT2D eigenvalue weighted by Gasteiger charge is -2.05. The van der Waals surface area contributed by atoms with Gasteiger partial charge < -0.3 is 25.6 Å². The molecule has 1 aromatic rings. The Hall–Kier alpha value is -1.66. The fourth-order valence-electron chi connectivity index (χ4n) is 1.33. The molecule has 6 nitrogen and oxygen atoms in total. The number of ether oxygens (including phenoxy) is 2. The van der Waals surface area contributed by atoms with E-state index in [2.05, 4.69) is 10.3 Å². The van der Waals surface area contributed by atoms with Gasteiger partial charge in [-0.25, -0.2) is 0 Å². The van der Waals surface area contributed by atoms with Gasteiger partial charge >= 0.3 is 0 Å². The van der Waals surface area contributed by atoms with E-state index < -0.39 is 0 Å². The average Bonchev–Trinajstić information content (AvgIpc) is 2.73. The van der Waals surface area contributed by atoms with Crippen molar-refractivity contribution in [2.45, 2.75) is 0 Å². The van der Waals surface area contributed by atoms with Crippen LogP contribution in [0.5, 0.6) is 11.5 Å². The third-order valence-corrected chi connectivity index (χ3v) is 2.03. The van der Waals surface area contributed by atoms with Gasteiger partial charge in [-0.2, -0.15) is 0 Å². The first kappa shape index (κ1) is 13.4. The number of aliphatic hydroxyl groups excluding tert-OH is 1. The molecule has 2 rings (SSSR count). The standard InChI is InChI=1S/C10H13N3O3.ClH/c11-10(12-3-4-14)13-7-1-2-8-9(5-7)16-6-15-8;/h1-2,5,14H,3-4,6H2,(H3,11,12,13);1H. The van der Waals surface area contributed by atoms with E-state index in [1.807, 2.05) is 6.07 Å². The van der Waals surface area contributed by atoms with Gasteiger partial charge in [-0.05, 0) is 12.1 Å². The molecular weight excluding hydrogens is 246 g/mol. The van der Waals surface area contributed by atoms with Crippen LogP contribution in [0.1, 0.15) is 0 Å². The fourth-order valence-corrected chi connectivity index (χ4v) is 1.33. The number of aliphatic hydroxyl groups is 1. The van der Waals surface area contributed by atoms with E-state index in [1.54, 1.807) is 12.1 Å². The Kier molecular flexibility index (Phi) is 4.86. The number of benzene rings is 1. The van der Waals surface area contributed by atoms with Crippen LogP contribution in [-0.4, -0.2) is 31.0 Å².